The van der Waals surface area contributed by atoms with Crippen LogP contribution in [0.3, 0.4) is 0 Å². The summed E-state index contributed by atoms with van der Waals surface area (Å²) in [7, 11) is 0. The van der Waals surface area contributed by atoms with Crippen LogP contribution in [0.15, 0.2) is 48.5 Å². The first-order chi connectivity index (χ1) is 13.2. The summed E-state index contributed by atoms with van der Waals surface area (Å²) in [5.41, 5.74) is 2.61. The lowest BCUT2D eigenvalue weighted by atomic mass is 9.82. The molecule has 0 saturated heterocycles. The minimum absolute atomic E-state index is 0.0680. The van der Waals surface area contributed by atoms with E-state index in [1.165, 1.54) is 5.56 Å². The number of carbonyl (C=O) groups excluding carboxylic acids is 2. The first-order valence-corrected chi connectivity index (χ1v) is 9.65. The molecule has 2 rings (SSSR count). The number of carbonyl (C=O) groups is 2. The number of ether oxygens (including phenoxy) is 1. The Labute approximate surface area is 167 Å². The zero-order valence-electron chi connectivity index (χ0n) is 17.3. The van der Waals surface area contributed by atoms with E-state index in [-0.39, 0.29) is 29.8 Å². The zero-order valence-corrected chi connectivity index (χ0v) is 17.3. The molecule has 28 heavy (non-hydrogen) atoms. The van der Waals surface area contributed by atoms with Gasteiger partial charge in [0.15, 0.2) is 6.61 Å². The van der Waals surface area contributed by atoms with Crippen LogP contribution in [0.5, 0.6) is 5.75 Å². The molecule has 0 fully saturated rings. The summed E-state index contributed by atoms with van der Waals surface area (Å²) in [5, 5.41) is 5.60. The fraction of sp³-hybridized carbons (Fsp3) is 0.391. The van der Waals surface area contributed by atoms with E-state index in [2.05, 4.69) is 31.4 Å². The second-order valence-electron chi connectivity index (χ2n) is 7.82. The van der Waals surface area contributed by atoms with Gasteiger partial charge in [-0.15, -0.1) is 0 Å². The summed E-state index contributed by atoms with van der Waals surface area (Å²) in [5.74, 6) is 0.219. The molecule has 0 unspecified atom stereocenters. The van der Waals surface area contributed by atoms with Crippen LogP contribution >= 0.6 is 0 Å². The number of hydrogen-bond donors (Lipinski definition) is 2. The Balaban J connectivity index is 1.90. The number of amides is 2. The van der Waals surface area contributed by atoms with Crippen LogP contribution in [0, 0.1) is 5.92 Å². The smallest absolute Gasteiger partial charge is 0.262 e. The predicted octanol–water partition coefficient (Wildman–Crippen LogP) is 4.99. The molecule has 0 heterocycles. The molecule has 0 bridgehead atoms. The van der Waals surface area contributed by atoms with E-state index in [9.17, 15) is 9.59 Å². The highest BCUT2D eigenvalue weighted by molar-refractivity contribution is 5.95. The highest BCUT2D eigenvalue weighted by atomic mass is 16.5. The third-order valence-electron chi connectivity index (χ3n) is 4.83. The minimum atomic E-state index is -0.259. The van der Waals surface area contributed by atoms with Gasteiger partial charge in [-0.1, -0.05) is 52.8 Å². The van der Waals surface area contributed by atoms with Crippen LogP contribution in [0.25, 0.3) is 0 Å². The molecule has 0 aliphatic heterocycles. The first-order valence-electron chi connectivity index (χ1n) is 9.65. The zero-order chi connectivity index (χ0) is 20.7. The fourth-order valence-electron chi connectivity index (χ4n) is 2.51. The van der Waals surface area contributed by atoms with E-state index in [1.54, 1.807) is 24.3 Å². The van der Waals surface area contributed by atoms with Crippen LogP contribution in [-0.4, -0.2) is 18.4 Å². The quantitative estimate of drug-likeness (QED) is 0.676. The summed E-state index contributed by atoms with van der Waals surface area (Å²) in [6.07, 6.45) is 1.05. The third-order valence-corrected chi connectivity index (χ3v) is 4.83. The Morgan fingerprint density at radius 1 is 1.00 bits per heavy atom. The molecule has 0 saturated carbocycles. The highest BCUT2D eigenvalue weighted by Gasteiger charge is 2.17. The van der Waals surface area contributed by atoms with Gasteiger partial charge in [-0.2, -0.15) is 0 Å². The van der Waals surface area contributed by atoms with Gasteiger partial charge in [0.2, 0.25) is 5.91 Å². The third kappa shape index (κ3) is 6.12. The maximum absolute atomic E-state index is 12.2. The number of nitrogens with one attached hydrogen (secondary N) is 2. The van der Waals surface area contributed by atoms with Gasteiger partial charge in [-0.25, -0.2) is 0 Å². The Bertz CT molecular complexity index is 811. The van der Waals surface area contributed by atoms with Crippen molar-refractivity contribution in [2.24, 2.45) is 5.92 Å². The molecule has 2 N–H and O–H groups in total. The van der Waals surface area contributed by atoms with Crippen molar-refractivity contribution in [3.8, 4) is 5.75 Å². The molecule has 0 aromatic heterocycles. The van der Waals surface area contributed by atoms with Crippen LogP contribution in [0.4, 0.5) is 11.4 Å². The molecule has 2 aromatic rings. The van der Waals surface area contributed by atoms with Gasteiger partial charge in [-0.05, 0) is 47.7 Å². The van der Waals surface area contributed by atoms with E-state index < -0.39 is 0 Å². The molecule has 5 nitrogen and oxygen atoms in total. The molecule has 150 valence electrons. The number of benzene rings is 2. The Kier molecular flexibility index (Phi) is 7.21. The standard InChI is InChI=1S/C23H30N2O3/c1-6-23(4,5)17-10-12-20(13-11-17)28-15-21(26)24-18-8-7-9-19(14-18)25-22(27)16(2)3/h7-14,16H,6,15H2,1-5H3,(H,24,26)(H,25,27). The number of anilines is 2. The summed E-state index contributed by atoms with van der Waals surface area (Å²) in [4.78, 5) is 24.0. The number of rotatable bonds is 8. The fourth-order valence-corrected chi connectivity index (χ4v) is 2.51. The SMILES string of the molecule is CCC(C)(C)c1ccc(OCC(=O)Nc2cccc(NC(=O)C(C)C)c2)cc1. The lowest BCUT2D eigenvalue weighted by Crippen LogP contribution is -2.21. The highest BCUT2D eigenvalue weighted by Crippen LogP contribution is 2.28. The van der Waals surface area contributed by atoms with E-state index in [0.29, 0.717) is 17.1 Å². The molecular weight excluding hydrogens is 352 g/mol. The maximum Gasteiger partial charge on any atom is 0.262 e. The second-order valence-corrected chi connectivity index (χ2v) is 7.82. The topological polar surface area (TPSA) is 67.4 Å². The normalized spacial score (nSPS) is 11.2. The van der Waals surface area contributed by atoms with E-state index in [0.717, 1.165) is 6.42 Å². The first kappa shape index (κ1) is 21.5. The van der Waals surface area contributed by atoms with Gasteiger partial charge >= 0.3 is 0 Å². The summed E-state index contributed by atoms with van der Waals surface area (Å²) in [6, 6.07) is 14.9. The maximum atomic E-state index is 12.2. The van der Waals surface area contributed by atoms with Crippen molar-refractivity contribution in [2.75, 3.05) is 17.2 Å². The van der Waals surface area contributed by atoms with E-state index in [1.807, 2.05) is 38.1 Å². The van der Waals surface area contributed by atoms with Gasteiger partial charge in [0, 0.05) is 17.3 Å². The van der Waals surface area contributed by atoms with E-state index >= 15 is 0 Å². The average molecular weight is 383 g/mol. The Hall–Kier alpha value is -2.82. The largest absolute Gasteiger partial charge is 0.484 e. The molecule has 0 radical (unpaired) electrons. The molecule has 2 amide bonds. The number of hydrogen-bond acceptors (Lipinski definition) is 3. The van der Waals surface area contributed by atoms with Gasteiger partial charge in [0.25, 0.3) is 5.91 Å². The Morgan fingerprint density at radius 2 is 1.61 bits per heavy atom. The van der Waals surface area contributed by atoms with Crippen molar-refractivity contribution in [1.82, 2.24) is 0 Å². The predicted molar refractivity (Wildman–Crippen MR) is 114 cm³/mol. The molecule has 0 atom stereocenters. The molecule has 0 aliphatic carbocycles. The average Bonchev–Trinajstić information content (AvgIpc) is 2.67. The van der Waals surface area contributed by atoms with Crippen LogP contribution in [0.2, 0.25) is 0 Å². The van der Waals surface area contributed by atoms with Crippen molar-refractivity contribution in [1.29, 1.82) is 0 Å². The van der Waals surface area contributed by atoms with Crippen molar-refractivity contribution in [2.45, 2.75) is 46.5 Å². The van der Waals surface area contributed by atoms with Gasteiger partial charge < -0.3 is 15.4 Å². The summed E-state index contributed by atoms with van der Waals surface area (Å²) >= 11 is 0. The lowest BCUT2D eigenvalue weighted by Gasteiger charge is -2.23. The molecule has 0 aliphatic rings. The monoisotopic (exact) mass is 382 g/mol. The lowest BCUT2D eigenvalue weighted by molar-refractivity contribution is -0.119. The molecular formula is C23H30N2O3. The van der Waals surface area contributed by atoms with Gasteiger partial charge in [0.1, 0.15) is 5.75 Å². The van der Waals surface area contributed by atoms with Crippen LogP contribution < -0.4 is 15.4 Å². The van der Waals surface area contributed by atoms with Gasteiger partial charge in [0.05, 0.1) is 0 Å². The van der Waals surface area contributed by atoms with Crippen molar-refractivity contribution in [3.05, 3.63) is 54.1 Å². The molecule has 5 heteroatoms. The summed E-state index contributed by atoms with van der Waals surface area (Å²) < 4.78 is 5.59. The Morgan fingerprint density at radius 3 is 2.18 bits per heavy atom. The van der Waals surface area contributed by atoms with E-state index in [4.69, 9.17) is 4.74 Å². The van der Waals surface area contributed by atoms with Crippen LogP contribution in [0.1, 0.15) is 46.6 Å². The van der Waals surface area contributed by atoms with Crippen LogP contribution in [-0.2, 0) is 15.0 Å². The van der Waals surface area contributed by atoms with Crippen molar-refractivity contribution < 1.29 is 14.3 Å². The van der Waals surface area contributed by atoms with Gasteiger partial charge in [-0.3, -0.25) is 9.59 Å². The molecule has 2 aromatic carbocycles. The van der Waals surface area contributed by atoms with Crippen molar-refractivity contribution in [3.63, 3.8) is 0 Å². The summed E-state index contributed by atoms with van der Waals surface area (Å²) in [6.45, 7) is 10.1. The molecule has 0 spiro atoms. The second kappa shape index (κ2) is 9.40. The van der Waals surface area contributed by atoms with Crippen molar-refractivity contribution >= 4 is 23.2 Å². The minimum Gasteiger partial charge on any atom is -0.484 e.